The molecule has 0 aliphatic carbocycles. The number of nitrogens with zero attached hydrogens (tertiary/aromatic N) is 2. The van der Waals surface area contributed by atoms with Crippen molar-refractivity contribution >= 4 is 10.8 Å². The van der Waals surface area contributed by atoms with Crippen LogP contribution in [0.5, 0.6) is 0 Å². The van der Waals surface area contributed by atoms with Crippen molar-refractivity contribution in [2.75, 3.05) is 6.54 Å². The van der Waals surface area contributed by atoms with Crippen molar-refractivity contribution in [2.24, 2.45) is 0 Å². The van der Waals surface area contributed by atoms with Crippen molar-refractivity contribution in [3.8, 4) is 0 Å². The molecule has 3 rings (SSSR count). The predicted octanol–water partition coefficient (Wildman–Crippen LogP) is 3.89. The summed E-state index contributed by atoms with van der Waals surface area (Å²) in [4.78, 5) is 0. The Bertz CT molecular complexity index is 853. The van der Waals surface area contributed by atoms with Crippen molar-refractivity contribution in [3.63, 3.8) is 0 Å². The number of fused-ring (bicyclic) bond motifs is 1. The van der Waals surface area contributed by atoms with Crippen LogP contribution in [0.1, 0.15) is 42.0 Å². The molecule has 0 bridgehead atoms. The third-order valence-corrected chi connectivity index (χ3v) is 4.76. The van der Waals surface area contributed by atoms with Crippen LogP contribution in [0.4, 0.5) is 0 Å². The number of benzene rings is 2. The van der Waals surface area contributed by atoms with E-state index >= 15 is 0 Å². The average molecular weight is 337 g/mol. The first-order valence-electron chi connectivity index (χ1n) is 9.00. The van der Waals surface area contributed by atoms with E-state index in [0.29, 0.717) is 6.54 Å². The minimum Gasteiger partial charge on any atom is -0.387 e. The Balaban J connectivity index is 1.63. The van der Waals surface area contributed by atoms with Gasteiger partial charge in [-0.3, -0.25) is 4.68 Å². The van der Waals surface area contributed by atoms with E-state index in [1.54, 1.807) is 0 Å². The third kappa shape index (κ3) is 3.91. The summed E-state index contributed by atoms with van der Waals surface area (Å²) in [6.07, 6.45) is 0.561. The van der Waals surface area contributed by atoms with Gasteiger partial charge in [0.15, 0.2) is 0 Å². The van der Waals surface area contributed by atoms with Crippen LogP contribution < -0.4 is 5.32 Å². The summed E-state index contributed by atoms with van der Waals surface area (Å²) in [5, 5.41) is 20.8. The Morgan fingerprint density at radius 3 is 2.64 bits per heavy atom. The molecule has 1 atom stereocenters. The fraction of sp³-hybridized carbons (Fsp3) is 0.381. The molecule has 25 heavy (non-hydrogen) atoms. The van der Waals surface area contributed by atoms with Crippen LogP contribution >= 0.6 is 0 Å². The molecule has 1 unspecified atom stereocenters. The van der Waals surface area contributed by atoms with Crippen LogP contribution in [-0.2, 0) is 13.1 Å². The summed E-state index contributed by atoms with van der Waals surface area (Å²) in [5.74, 6) is 0. The number of hydrogen-bond acceptors (Lipinski definition) is 3. The largest absolute Gasteiger partial charge is 0.387 e. The van der Waals surface area contributed by atoms with Crippen LogP contribution in [0.15, 0.2) is 42.5 Å². The number of aryl methyl sites for hydroxylation is 2. The Labute approximate surface area is 149 Å². The molecule has 2 aromatic carbocycles. The van der Waals surface area contributed by atoms with Gasteiger partial charge in [-0.1, -0.05) is 43.3 Å². The minimum atomic E-state index is -0.518. The van der Waals surface area contributed by atoms with Crippen LogP contribution in [0, 0.1) is 13.8 Å². The van der Waals surface area contributed by atoms with Crippen molar-refractivity contribution < 1.29 is 5.11 Å². The van der Waals surface area contributed by atoms with Crippen molar-refractivity contribution in [2.45, 2.75) is 46.4 Å². The zero-order valence-electron chi connectivity index (χ0n) is 15.3. The van der Waals surface area contributed by atoms with E-state index in [1.807, 2.05) is 18.2 Å². The second-order valence-corrected chi connectivity index (χ2v) is 6.63. The quantitative estimate of drug-likeness (QED) is 0.688. The number of aromatic nitrogens is 2. The molecule has 4 heteroatoms. The van der Waals surface area contributed by atoms with E-state index in [1.165, 1.54) is 16.6 Å². The molecule has 0 amide bonds. The van der Waals surface area contributed by atoms with Crippen molar-refractivity contribution in [1.29, 1.82) is 0 Å². The summed E-state index contributed by atoms with van der Waals surface area (Å²) in [6.45, 7) is 8.53. The Morgan fingerprint density at radius 1 is 1.12 bits per heavy atom. The van der Waals surface area contributed by atoms with E-state index in [4.69, 9.17) is 0 Å². The standard InChI is InChI=1S/C21H27N3O/c1-4-11-24-16(3)20(15(2)23-24)13-22-14-21(25)19-10-9-17-7-5-6-8-18(17)12-19/h5-10,12,21-22,25H,4,11,13-14H2,1-3H3. The zero-order valence-corrected chi connectivity index (χ0v) is 15.3. The molecule has 0 saturated heterocycles. The molecule has 3 aromatic rings. The van der Waals surface area contributed by atoms with Gasteiger partial charge in [-0.05, 0) is 42.7 Å². The summed E-state index contributed by atoms with van der Waals surface area (Å²) < 4.78 is 2.08. The molecule has 1 aromatic heterocycles. The second kappa shape index (κ2) is 7.81. The fourth-order valence-electron chi connectivity index (χ4n) is 3.29. The summed E-state index contributed by atoms with van der Waals surface area (Å²) in [6, 6.07) is 14.4. The topological polar surface area (TPSA) is 50.1 Å². The lowest BCUT2D eigenvalue weighted by atomic mass is 10.0. The third-order valence-electron chi connectivity index (χ3n) is 4.76. The SMILES string of the molecule is CCCn1nc(C)c(CNCC(O)c2ccc3ccccc3c2)c1C. The first-order valence-corrected chi connectivity index (χ1v) is 9.00. The Kier molecular flexibility index (Phi) is 5.51. The highest BCUT2D eigenvalue weighted by Gasteiger charge is 2.12. The van der Waals surface area contributed by atoms with Gasteiger partial charge in [-0.15, -0.1) is 0 Å². The van der Waals surface area contributed by atoms with E-state index < -0.39 is 6.10 Å². The maximum atomic E-state index is 10.5. The number of nitrogens with one attached hydrogen (secondary N) is 1. The van der Waals surface area contributed by atoms with Crippen LogP contribution in [-0.4, -0.2) is 21.4 Å². The van der Waals surface area contributed by atoms with E-state index in [9.17, 15) is 5.11 Å². The van der Waals surface area contributed by atoms with Gasteiger partial charge in [0, 0.05) is 30.9 Å². The number of hydrogen-bond donors (Lipinski definition) is 2. The summed E-state index contributed by atoms with van der Waals surface area (Å²) in [5.41, 5.74) is 4.46. The molecule has 0 aliphatic rings. The van der Waals surface area contributed by atoms with Crippen molar-refractivity contribution in [1.82, 2.24) is 15.1 Å². The zero-order chi connectivity index (χ0) is 17.8. The molecule has 4 nitrogen and oxygen atoms in total. The lowest BCUT2D eigenvalue weighted by Crippen LogP contribution is -2.21. The molecule has 0 saturated carbocycles. The molecule has 0 aliphatic heterocycles. The lowest BCUT2D eigenvalue weighted by Gasteiger charge is -2.13. The van der Waals surface area contributed by atoms with Gasteiger partial charge in [0.25, 0.3) is 0 Å². The molecular formula is C21H27N3O. The second-order valence-electron chi connectivity index (χ2n) is 6.63. The smallest absolute Gasteiger partial charge is 0.0914 e. The maximum absolute atomic E-state index is 10.5. The van der Waals surface area contributed by atoms with Gasteiger partial charge in [0.1, 0.15) is 0 Å². The average Bonchev–Trinajstić information content (AvgIpc) is 2.89. The lowest BCUT2D eigenvalue weighted by molar-refractivity contribution is 0.174. The van der Waals surface area contributed by atoms with Gasteiger partial charge in [-0.25, -0.2) is 0 Å². The van der Waals surface area contributed by atoms with E-state index in [0.717, 1.165) is 36.2 Å². The first kappa shape index (κ1) is 17.6. The van der Waals surface area contributed by atoms with Gasteiger partial charge < -0.3 is 10.4 Å². The maximum Gasteiger partial charge on any atom is 0.0914 e. The molecule has 132 valence electrons. The first-order chi connectivity index (χ1) is 12.1. The van der Waals surface area contributed by atoms with Crippen molar-refractivity contribution in [3.05, 3.63) is 65.0 Å². The molecule has 2 N–H and O–H groups in total. The van der Waals surface area contributed by atoms with Crippen LogP contribution in [0.3, 0.4) is 0 Å². The molecule has 0 radical (unpaired) electrons. The monoisotopic (exact) mass is 337 g/mol. The molecular weight excluding hydrogens is 310 g/mol. The van der Waals surface area contributed by atoms with E-state index in [-0.39, 0.29) is 0 Å². The predicted molar refractivity (Wildman–Crippen MR) is 103 cm³/mol. The normalized spacial score (nSPS) is 12.6. The van der Waals surface area contributed by atoms with Gasteiger partial charge in [-0.2, -0.15) is 5.10 Å². The highest BCUT2D eigenvalue weighted by molar-refractivity contribution is 5.83. The van der Waals surface area contributed by atoms with E-state index in [2.05, 4.69) is 60.1 Å². The minimum absolute atomic E-state index is 0.518. The number of aliphatic hydroxyl groups excluding tert-OH is 1. The van der Waals surface area contributed by atoms with Crippen LogP contribution in [0.2, 0.25) is 0 Å². The number of aliphatic hydroxyl groups is 1. The van der Waals surface area contributed by atoms with Crippen LogP contribution in [0.25, 0.3) is 10.8 Å². The Morgan fingerprint density at radius 2 is 1.88 bits per heavy atom. The van der Waals surface area contributed by atoms with Gasteiger partial charge in [0.2, 0.25) is 0 Å². The number of rotatable bonds is 7. The summed E-state index contributed by atoms with van der Waals surface area (Å²) in [7, 11) is 0. The van der Waals surface area contributed by atoms with Gasteiger partial charge >= 0.3 is 0 Å². The van der Waals surface area contributed by atoms with Gasteiger partial charge in [0.05, 0.1) is 11.8 Å². The molecule has 0 spiro atoms. The fourth-order valence-corrected chi connectivity index (χ4v) is 3.29. The summed E-state index contributed by atoms with van der Waals surface area (Å²) >= 11 is 0. The molecule has 0 fully saturated rings. The highest BCUT2D eigenvalue weighted by atomic mass is 16.3. The highest BCUT2D eigenvalue weighted by Crippen LogP contribution is 2.20. The molecule has 1 heterocycles. The Hall–Kier alpha value is -2.17.